The van der Waals surface area contributed by atoms with E-state index in [0.29, 0.717) is 5.56 Å². The third-order valence-electron chi connectivity index (χ3n) is 4.61. The summed E-state index contributed by atoms with van der Waals surface area (Å²) in [5.74, 6) is -1.35. The highest BCUT2D eigenvalue weighted by Crippen LogP contribution is 2.36. The van der Waals surface area contributed by atoms with Gasteiger partial charge in [-0.15, -0.1) is 20.2 Å². The molecule has 34 heavy (non-hydrogen) atoms. The van der Waals surface area contributed by atoms with Crippen LogP contribution in [0.2, 0.25) is 0 Å². The van der Waals surface area contributed by atoms with Gasteiger partial charge < -0.3 is 0 Å². The monoisotopic (exact) mass is 476 g/mol. The van der Waals surface area contributed by atoms with E-state index in [9.17, 15) is 33.4 Å². The van der Waals surface area contributed by atoms with Gasteiger partial charge in [-0.25, -0.2) is 14.6 Å². The molecule has 2 aromatic heterocycles. The summed E-state index contributed by atoms with van der Waals surface area (Å²) in [6.45, 7) is 0. The highest BCUT2D eigenvalue weighted by molar-refractivity contribution is 5.82. The second-order valence-electron chi connectivity index (χ2n) is 6.78. The molecule has 0 aliphatic rings. The largest absolute Gasteiger partial charge is 0.418 e. The number of pyridine rings is 1. The molecule has 0 unspecified atom stereocenters. The predicted octanol–water partition coefficient (Wildman–Crippen LogP) is 3.57. The van der Waals surface area contributed by atoms with Gasteiger partial charge >= 0.3 is 11.3 Å². The number of fused-ring (bicyclic) bond motifs is 1. The van der Waals surface area contributed by atoms with Crippen molar-refractivity contribution in [1.82, 2.24) is 19.7 Å². The van der Waals surface area contributed by atoms with Gasteiger partial charge in [0, 0.05) is 5.39 Å². The average molecular weight is 476 g/mol. The topological polar surface area (TPSA) is 148 Å². The van der Waals surface area contributed by atoms with E-state index in [-0.39, 0.29) is 28.6 Å². The van der Waals surface area contributed by atoms with Crippen molar-refractivity contribution in [2.45, 2.75) is 12.6 Å². The van der Waals surface area contributed by atoms with E-state index in [1.165, 1.54) is 24.3 Å². The normalized spacial score (nSPS) is 11.4. The van der Waals surface area contributed by atoms with E-state index in [2.05, 4.69) is 24.7 Å². The number of rotatable bonds is 7. The van der Waals surface area contributed by atoms with Crippen molar-refractivity contribution in [3.8, 4) is 17.3 Å². The lowest BCUT2D eigenvalue weighted by Gasteiger charge is -2.17. The first-order chi connectivity index (χ1) is 16.1. The summed E-state index contributed by atoms with van der Waals surface area (Å²) in [5.41, 5.74) is -0.122. The van der Waals surface area contributed by atoms with Gasteiger partial charge in [0.1, 0.15) is 12.7 Å². The van der Waals surface area contributed by atoms with Crippen LogP contribution in [0.5, 0.6) is 11.6 Å². The Labute approximate surface area is 186 Å². The number of alkyl halides is 3. The fourth-order valence-corrected chi connectivity index (χ4v) is 3.36. The number of benzene rings is 2. The summed E-state index contributed by atoms with van der Waals surface area (Å²) >= 11 is 0. The average Bonchev–Trinajstić information content (AvgIpc) is 3.27. The molecule has 0 atom stereocenters. The maximum atomic E-state index is 13.6. The molecule has 0 aliphatic heterocycles. The molecule has 0 N–H and O–H groups in total. The van der Waals surface area contributed by atoms with Crippen molar-refractivity contribution in [1.29, 1.82) is 0 Å². The van der Waals surface area contributed by atoms with Gasteiger partial charge in [0.05, 0.1) is 16.8 Å². The lowest BCUT2D eigenvalue weighted by atomic mass is 9.98. The van der Waals surface area contributed by atoms with Crippen LogP contribution < -0.4 is 9.68 Å². The minimum absolute atomic E-state index is 0.0215. The first-order valence-electron chi connectivity index (χ1n) is 9.24. The number of hydrogen-bond acceptors (Lipinski definition) is 9. The molecule has 0 spiro atoms. The SMILES string of the molecule is O=[N+]([O-])Oc1cc2cc(Cc3cccc(C(F)(F)F)c3-n3cncn3)ccc2nc1O[N+](=O)[O-]. The van der Waals surface area contributed by atoms with Gasteiger partial charge in [0.15, 0.2) is 5.75 Å². The molecule has 0 fully saturated rings. The Morgan fingerprint density at radius 2 is 1.79 bits per heavy atom. The number of nitrogens with zero attached hydrogens (tertiary/aromatic N) is 6. The van der Waals surface area contributed by atoms with Crippen molar-refractivity contribution in [3.63, 3.8) is 0 Å². The summed E-state index contributed by atoms with van der Waals surface area (Å²) in [7, 11) is 0. The van der Waals surface area contributed by atoms with E-state index in [1.54, 1.807) is 6.07 Å². The molecule has 4 aromatic rings. The van der Waals surface area contributed by atoms with Gasteiger partial charge in [-0.1, -0.05) is 18.2 Å². The van der Waals surface area contributed by atoms with Crippen LogP contribution in [0, 0.1) is 20.2 Å². The van der Waals surface area contributed by atoms with Gasteiger partial charge in [-0.2, -0.15) is 18.3 Å². The van der Waals surface area contributed by atoms with E-state index in [1.807, 2.05) is 0 Å². The maximum absolute atomic E-state index is 13.6. The Kier molecular flexibility index (Phi) is 5.66. The van der Waals surface area contributed by atoms with Crippen molar-refractivity contribution in [3.05, 3.63) is 92.0 Å². The molecule has 12 nitrogen and oxygen atoms in total. The highest BCUT2D eigenvalue weighted by Gasteiger charge is 2.35. The summed E-state index contributed by atoms with van der Waals surface area (Å²) < 4.78 is 42.0. The second kappa shape index (κ2) is 8.61. The molecule has 2 aromatic carbocycles. The molecular weight excluding hydrogens is 465 g/mol. The van der Waals surface area contributed by atoms with Gasteiger partial charge in [-0.05, 0) is 41.8 Å². The zero-order valence-corrected chi connectivity index (χ0v) is 16.7. The lowest BCUT2D eigenvalue weighted by Crippen LogP contribution is -2.13. The summed E-state index contributed by atoms with van der Waals surface area (Å²) in [4.78, 5) is 37.5. The third kappa shape index (κ3) is 4.67. The van der Waals surface area contributed by atoms with Gasteiger partial charge in [0.25, 0.3) is 5.09 Å². The highest BCUT2D eigenvalue weighted by atomic mass is 19.4. The lowest BCUT2D eigenvalue weighted by molar-refractivity contribution is -0.722. The summed E-state index contributed by atoms with van der Waals surface area (Å²) in [5, 5.41) is 23.1. The van der Waals surface area contributed by atoms with Crippen LogP contribution in [-0.2, 0) is 12.6 Å². The maximum Gasteiger partial charge on any atom is 0.418 e. The molecule has 0 radical (unpaired) electrons. The molecule has 0 amide bonds. The molecule has 0 aliphatic carbocycles. The van der Waals surface area contributed by atoms with Crippen LogP contribution in [0.4, 0.5) is 13.2 Å². The Morgan fingerprint density at radius 1 is 1.03 bits per heavy atom. The number of hydrogen-bond donors (Lipinski definition) is 0. The molecule has 15 heteroatoms. The van der Waals surface area contributed by atoms with Crippen LogP contribution in [0.25, 0.3) is 16.6 Å². The molecule has 0 saturated carbocycles. The number of para-hydroxylation sites is 1. The van der Waals surface area contributed by atoms with Gasteiger partial charge in [-0.3, -0.25) is 9.68 Å². The van der Waals surface area contributed by atoms with Crippen molar-refractivity contribution >= 4 is 10.9 Å². The van der Waals surface area contributed by atoms with Crippen molar-refractivity contribution < 1.29 is 33.0 Å². The molecule has 4 rings (SSSR count). The zero-order chi connectivity index (χ0) is 24.5. The van der Waals surface area contributed by atoms with E-state index in [4.69, 9.17) is 0 Å². The summed E-state index contributed by atoms with van der Waals surface area (Å²) in [6, 6.07) is 9.31. The van der Waals surface area contributed by atoms with E-state index in [0.717, 1.165) is 29.5 Å². The van der Waals surface area contributed by atoms with Crippen LogP contribution in [0.15, 0.2) is 55.1 Å². The fourth-order valence-electron chi connectivity index (χ4n) is 3.36. The number of aromatic nitrogens is 4. The molecule has 0 saturated heterocycles. The van der Waals surface area contributed by atoms with Crippen LogP contribution in [-0.4, -0.2) is 29.9 Å². The van der Waals surface area contributed by atoms with E-state index >= 15 is 0 Å². The van der Waals surface area contributed by atoms with Crippen LogP contribution in [0.1, 0.15) is 16.7 Å². The molecule has 2 heterocycles. The molecule has 174 valence electrons. The minimum atomic E-state index is -4.65. The number of halogens is 3. The van der Waals surface area contributed by atoms with Crippen LogP contribution >= 0.6 is 0 Å². The minimum Gasteiger partial charge on any atom is -0.272 e. The fraction of sp³-hybridized carbons (Fsp3) is 0.105. The first kappa shape index (κ1) is 22.4. The Hall–Kier alpha value is -4.82. The molecular formula is C19H11F3N6O6. The first-order valence-corrected chi connectivity index (χ1v) is 9.24. The third-order valence-corrected chi connectivity index (χ3v) is 4.61. The van der Waals surface area contributed by atoms with Crippen molar-refractivity contribution in [2.75, 3.05) is 0 Å². The Balaban J connectivity index is 1.78. The Bertz CT molecular complexity index is 1390. The Morgan fingerprint density at radius 3 is 2.44 bits per heavy atom. The quantitative estimate of drug-likeness (QED) is 0.288. The predicted molar refractivity (Wildman–Crippen MR) is 106 cm³/mol. The smallest absolute Gasteiger partial charge is 0.272 e. The van der Waals surface area contributed by atoms with E-state index < -0.39 is 33.5 Å². The van der Waals surface area contributed by atoms with Crippen molar-refractivity contribution in [2.24, 2.45) is 0 Å². The second-order valence-corrected chi connectivity index (χ2v) is 6.78. The zero-order valence-electron chi connectivity index (χ0n) is 16.7. The van der Waals surface area contributed by atoms with Gasteiger partial charge in [0.2, 0.25) is 5.88 Å². The van der Waals surface area contributed by atoms with Crippen LogP contribution in [0.3, 0.4) is 0 Å². The standard InChI is InChI=1S/C19H11F3N6O6/c20-19(21,22)14-3-1-2-12(17(14)26-10-23-9-24-26)6-11-4-5-15-13(7-11)8-16(33-27(29)30)18(25-15)34-28(31)32/h1-5,7-10H,6H2. The molecule has 0 bridgehead atoms. The summed E-state index contributed by atoms with van der Waals surface area (Å²) in [6.07, 6.45) is -2.36.